The highest BCUT2D eigenvalue weighted by atomic mass is 19.1. The first-order valence-corrected chi connectivity index (χ1v) is 25.5. The van der Waals surface area contributed by atoms with Crippen molar-refractivity contribution in [1.29, 1.82) is 0 Å². The number of aliphatic hydroxyl groups excluding tert-OH is 5. The fraction of sp³-hybridized carbons (Fsp3) is 0.482. The summed E-state index contributed by atoms with van der Waals surface area (Å²) in [5.74, 6) is -8.55. The van der Waals surface area contributed by atoms with E-state index in [1.165, 1.54) is 65.5 Å². The summed E-state index contributed by atoms with van der Waals surface area (Å²) in [5.41, 5.74) is -0.643. The number of halogens is 1. The Bertz CT molecular complexity index is 3060. The van der Waals surface area contributed by atoms with Gasteiger partial charge in [-0.25, -0.2) is 4.39 Å². The fourth-order valence-corrected chi connectivity index (χ4v) is 10.8. The number of methoxy groups -OCH3 is 1. The molecule has 5 bridgehead atoms. The van der Waals surface area contributed by atoms with E-state index >= 15 is 4.39 Å². The molecule has 2 aliphatic carbocycles. The number of phenolic OH excluding ortho intramolecular Hbond substituents is 1. The number of hydrazone groups is 1. The lowest BCUT2D eigenvalue weighted by Gasteiger charge is -2.38. The van der Waals surface area contributed by atoms with Crippen LogP contribution >= 0.6 is 0 Å². The Morgan fingerprint density at radius 2 is 1.64 bits per heavy atom. The lowest BCUT2D eigenvalue weighted by atomic mass is 9.78. The second-order valence-electron chi connectivity index (χ2n) is 20.8. The molecule has 1 saturated heterocycles. The summed E-state index contributed by atoms with van der Waals surface area (Å²) >= 11 is 0. The first kappa shape index (κ1) is 55.4. The molecule has 408 valence electrons. The third kappa shape index (κ3) is 10.3. The van der Waals surface area contributed by atoms with E-state index in [1.54, 1.807) is 57.1 Å². The van der Waals surface area contributed by atoms with Crippen LogP contribution in [0.3, 0.4) is 0 Å². The molecule has 2 aromatic carbocycles. The number of aromatic nitrogens is 1. The quantitative estimate of drug-likeness (QED) is 0.0834. The highest BCUT2D eigenvalue weighted by Crippen LogP contribution is 2.54. The highest BCUT2D eigenvalue weighted by molar-refractivity contribution is 6.09. The van der Waals surface area contributed by atoms with E-state index in [-0.39, 0.29) is 93.7 Å². The number of fused-ring (bicyclic) bond motifs is 15. The third-order valence-electron chi connectivity index (χ3n) is 15.6. The molecule has 6 aliphatic rings. The number of nitrogens with one attached hydrogen (secondary N) is 1. The number of ketones is 1. The van der Waals surface area contributed by atoms with Crippen LogP contribution in [0.1, 0.15) is 112 Å². The SMILES string of the molecule is C=C(O)c1cn(C2CC2)c2cc(N3CCN(/N=C\C4=C5NC(=O)/C(C)=C\C=C\[C@H](C)[C@H](O)[C@@H](C)[C@@H](O)[C@@H](C)[C@H](OC(C)=O)[C@H](C)[C@@H](OC)/C=C/O[C@@]6(C)Oc7c(C)c(O)c(c(c7C6=O)C4O)C5O)CC3)c(F)cc2c1=O. The summed E-state index contributed by atoms with van der Waals surface area (Å²) in [6, 6.07) is 2.91. The molecule has 1 amide bonds. The van der Waals surface area contributed by atoms with Crippen LogP contribution in [0, 0.1) is 36.4 Å². The van der Waals surface area contributed by atoms with Crippen LogP contribution in [0.25, 0.3) is 16.7 Å². The largest absolute Gasteiger partial charge is 0.508 e. The molecule has 0 spiro atoms. The zero-order valence-corrected chi connectivity index (χ0v) is 44.1. The average molecular weight is 1050 g/mol. The average Bonchev–Trinajstić information content (AvgIpc) is 4.20. The molecule has 1 saturated carbocycles. The molecule has 5 heterocycles. The van der Waals surface area contributed by atoms with Crippen molar-refractivity contribution in [2.24, 2.45) is 28.8 Å². The number of aromatic hydroxyl groups is 1. The lowest BCUT2D eigenvalue weighted by molar-refractivity contribution is -0.160. The van der Waals surface area contributed by atoms with Gasteiger partial charge in [0.15, 0.2) is 5.43 Å². The van der Waals surface area contributed by atoms with E-state index in [0.29, 0.717) is 5.52 Å². The fourth-order valence-electron chi connectivity index (χ4n) is 10.8. The molecule has 20 heteroatoms. The molecule has 19 nitrogen and oxygen atoms in total. The second kappa shape index (κ2) is 21.7. The van der Waals surface area contributed by atoms with Gasteiger partial charge in [0.2, 0.25) is 0 Å². The molecule has 9 rings (SSSR count). The minimum absolute atomic E-state index is 0.00517. The minimum Gasteiger partial charge on any atom is -0.508 e. The number of anilines is 1. The monoisotopic (exact) mass is 1050 g/mol. The lowest BCUT2D eigenvalue weighted by Crippen LogP contribution is -2.46. The van der Waals surface area contributed by atoms with Gasteiger partial charge < -0.3 is 64.4 Å². The Hall–Kier alpha value is -6.84. The molecule has 7 N–H and O–H groups in total. The number of carbonyl (C=O) groups is 3. The molecule has 0 radical (unpaired) electrons. The smallest absolute Gasteiger partial charge is 0.312 e. The summed E-state index contributed by atoms with van der Waals surface area (Å²) in [6.45, 7) is 16.9. The highest BCUT2D eigenvalue weighted by Gasteiger charge is 2.52. The summed E-state index contributed by atoms with van der Waals surface area (Å²) in [7, 11) is 1.42. The van der Waals surface area contributed by atoms with Crippen molar-refractivity contribution in [3.63, 3.8) is 0 Å². The Morgan fingerprint density at radius 1 is 0.961 bits per heavy atom. The zero-order chi connectivity index (χ0) is 55.4. The van der Waals surface area contributed by atoms with Gasteiger partial charge in [-0.2, -0.15) is 5.10 Å². The number of ether oxygens (including phenoxy) is 4. The van der Waals surface area contributed by atoms with Crippen molar-refractivity contribution >= 4 is 46.2 Å². The van der Waals surface area contributed by atoms with Crippen LogP contribution in [0.15, 0.2) is 82.2 Å². The van der Waals surface area contributed by atoms with Gasteiger partial charge in [0, 0.05) is 103 Å². The number of hydrogen-bond acceptors (Lipinski definition) is 17. The molecule has 1 aromatic heterocycles. The zero-order valence-electron chi connectivity index (χ0n) is 44.1. The number of Topliss-reactive ketones (excluding diaryl/α,β-unsaturated/α-hetero) is 1. The summed E-state index contributed by atoms with van der Waals surface area (Å²) < 4.78 is 41.6. The number of carbonyl (C=O) groups excluding carboxylic acids is 3. The van der Waals surface area contributed by atoms with Crippen molar-refractivity contribution in [1.82, 2.24) is 14.9 Å². The normalized spacial score (nSPS) is 31.2. The molecule has 76 heavy (non-hydrogen) atoms. The number of aliphatic hydroxyl groups is 5. The molecule has 2 fully saturated rings. The summed E-state index contributed by atoms with van der Waals surface area (Å²) in [5, 5.41) is 78.9. The topological polar surface area (TPSA) is 262 Å². The Labute approximate surface area is 439 Å². The van der Waals surface area contributed by atoms with Gasteiger partial charge in [0.1, 0.15) is 41.4 Å². The Kier molecular flexibility index (Phi) is 15.8. The van der Waals surface area contributed by atoms with Crippen LogP contribution in [-0.4, -0.2) is 128 Å². The van der Waals surface area contributed by atoms with Gasteiger partial charge in [-0.3, -0.25) is 24.2 Å². The van der Waals surface area contributed by atoms with E-state index in [9.17, 15) is 49.8 Å². The number of rotatable bonds is 7. The number of allylic oxidation sites excluding steroid dienone is 2. The van der Waals surface area contributed by atoms with Crippen molar-refractivity contribution < 1.29 is 68.4 Å². The van der Waals surface area contributed by atoms with Gasteiger partial charge in [-0.15, -0.1) is 0 Å². The summed E-state index contributed by atoms with van der Waals surface area (Å²) in [6.07, 6.45) is 4.15. The van der Waals surface area contributed by atoms with Crippen molar-refractivity contribution in [3.05, 3.63) is 116 Å². The van der Waals surface area contributed by atoms with Crippen molar-refractivity contribution in [2.75, 3.05) is 38.2 Å². The van der Waals surface area contributed by atoms with E-state index < -0.39 is 106 Å². The predicted molar refractivity (Wildman–Crippen MR) is 280 cm³/mol. The van der Waals surface area contributed by atoms with Crippen LogP contribution in [0.2, 0.25) is 0 Å². The molecule has 2 unspecified atom stereocenters. The van der Waals surface area contributed by atoms with Gasteiger partial charge in [-0.1, -0.05) is 52.5 Å². The minimum atomic E-state index is -2.11. The Morgan fingerprint density at radius 3 is 2.28 bits per heavy atom. The summed E-state index contributed by atoms with van der Waals surface area (Å²) in [4.78, 5) is 56.3. The van der Waals surface area contributed by atoms with Crippen LogP contribution in [-0.2, 0) is 23.8 Å². The number of pyridine rings is 1. The van der Waals surface area contributed by atoms with E-state index in [1.807, 2.05) is 9.47 Å². The predicted octanol–water partition coefficient (Wildman–Crippen LogP) is 5.83. The third-order valence-corrected chi connectivity index (χ3v) is 15.6. The van der Waals surface area contributed by atoms with Gasteiger partial charge in [0.25, 0.3) is 11.7 Å². The second-order valence-corrected chi connectivity index (χ2v) is 20.8. The number of amides is 1. The molecule has 3 aromatic rings. The van der Waals surface area contributed by atoms with Crippen molar-refractivity contribution in [3.8, 4) is 11.5 Å². The first-order chi connectivity index (χ1) is 35.9. The molecule has 4 aliphatic heterocycles. The molecular formula is C56H68FN5O14. The van der Waals surface area contributed by atoms with Crippen LogP contribution in [0.5, 0.6) is 11.5 Å². The van der Waals surface area contributed by atoms with Gasteiger partial charge >= 0.3 is 11.8 Å². The number of nitrogens with zero attached hydrogens (tertiary/aromatic N) is 4. The maximum atomic E-state index is 16.0. The molecule has 11 atom stereocenters. The number of phenols is 1. The van der Waals surface area contributed by atoms with E-state index in [4.69, 9.17) is 18.9 Å². The first-order valence-electron chi connectivity index (χ1n) is 25.5. The number of piperazine rings is 1. The van der Waals surface area contributed by atoms with Gasteiger partial charge in [0.05, 0.1) is 71.9 Å². The number of benzene rings is 2. The maximum absolute atomic E-state index is 16.0. The molecular weight excluding hydrogens is 986 g/mol. The van der Waals surface area contributed by atoms with Crippen LogP contribution < -0.4 is 20.4 Å². The van der Waals surface area contributed by atoms with E-state index in [0.717, 1.165) is 12.8 Å². The van der Waals surface area contributed by atoms with E-state index in [2.05, 4.69) is 17.0 Å². The van der Waals surface area contributed by atoms with Crippen LogP contribution in [0.4, 0.5) is 10.1 Å². The standard InChI is InChI=1S/C56H68FN5O14/c1-26-12-11-13-27(2)55(72)59-45-36(24-58-61-19-17-60(18-20-61)40-23-39-35(22-38(40)57)49(68)37(32(7)63)25-62(39)34-14-15-34)50(69)42-43(51(45)70)48(67)31(6)53-44(42)54(71)56(9,76-53)74-21-16-41(73-10)28(3)52(75-33(8)64)30(5)47(66)29(4)46(26)65/h11-13,16,21-26,28-30,34,41,46-47,50-52,63,65-67,69-70H,7,14-15,17-20H2,1-6,8-10H3,(H,59,72)/b12-11+,21-16+,27-13-,58-24-/t26-,28+,29+,30+,41-,46-,47+,50?,51?,52+,56-/m0/s1. The number of esters is 1. The maximum Gasteiger partial charge on any atom is 0.312 e. The van der Waals surface area contributed by atoms with Crippen molar-refractivity contribution in [2.45, 2.75) is 117 Å². The number of hydrogen-bond donors (Lipinski definition) is 7. The Balaban J connectivity index is 1.15. The van der Waals surface area contributed by atoms with Gasteiger partial charge in [-0.05, 0) is 44.9 Å².